The summed E-state index contributed by atoms with van der Waals surface area (Å²) < 4.78 is 40.3. The van der Waals surface area contributed by atoms with E-state index in [0.29, 0.717) is 28.7 Å². The summed E-state index contributed by atoms with van der Waals surface area (Å²) in [5.41, 5.74) is -0.687. The molecule has 0 aliphatic heterocycles. The van der Waals surface area contributed by atoms with E-state index in [-0.39, 0.29) is 11.6 Å². The monoisotopic (exact) mass is 401 g/mol. The molecule has 0 bridgehead atoms. The van der Waals surface area contributed by atoms with Crippen LogP contribution in [0.1, 0.15) is 28.9 Å². The molecule has 8 heteroatoms. The molecular weight excluding hydrogens is 383 g/mol. The summed E-state index contributed by atoms with van der Waals surface area (Å²) in [6.07, 6.45) is -1.06. The minimum absolute atomic E-state index is 0.0859. The van der Waals surface area contributed by atoms with Crippen molar-refractivity contribution in [2.24, 2.45) is 5.92 Å². The molecule has 150 valence electrons. The number of amides is 1. The molecule has 2 aromatic heterocycles. The number of rotatable bonds is 4. The van der Waals surface area contributed by atoms with E-state index in [1.165, 1.54) is 6.20 Å². The van der Waals surface area contributed by atoms with Crippen molar-refractivity contribution in [3.05, 3.63) is 70.3 Å². The number of carbonyl (C=O) groups is 1. The van der Waals surface area contributed by atoms with Gasteiger partial charge in [0.25, 0.3) is 11.5 Å². The molecule has 3 aromatic rings. The second-order valence-corrected chi connectivity index (χ2v) is 7.30. The fourth-order valence-electron chi connectivity index (χ4n) is 3.28. The largest absolute Gasteiger partial charge is 0.433 e. The van der Waals surface area contributed by atoms with E-state index in [1.54, 1.807) is 48.3 Å². The molecule has 0 radical (unpaired) electrons. The molecule has 1 aliphatic rings. The SMILES string of the molecule is CN(CC1CC1)C(=O)c1ccc(-c2cccn3c(=O)cc(C(F)(F)F)nc23)cc1. The third-order valence-corrected chi connectivity index (χ3v) is 5.00. The van der Waals surface area contributed by atoms with Crippen LogP contribution in [0.5, 0.6) is 0 Å². The van der Waals surface area contributed by atoms with Crippen LogP contribution in [0.25, 0.3) is 16.8 Å². The molecule has 1 amide bonds. The number of aromatic nitrogens is 2. The van der Waals surface area contributed by atoms with Gasteiger partial charge in [-0.2, -0.15) is 13.2 Å². The van der Waals surface area contributed by atoms with Crippen molar-refractivity contribution in [3.8, 4) is 11.1 Å². The Hall–Kier alpha value is -3.16. The molecule has 0 atom stereocenters. The second-order valence-electron chi connectivity index (χ2n) is 7.30. The number of carbonyl (C=O) groups excluding carboxylic acids is 1. The van der Waals surface area contributed by atoms with Crippen LogP contribution in [0, 0.1) is 5.92 Å². The quantitative estimate of drug-likeness (QED) is 0.667. The highest BCUT2D eigenvalue weighted by atomic mass is 19.4. The second kappa shape index (κ2) is 7.02. The van der Waals surface area contributed by atoms with Gasteiger partial charge in [0.1, 0.15) is 5.65 Å². The Bertz CT molecular complexity index is 1130. The lowest BCUT2D eigenvalue weighted by Gasteiger charge is -2.17. The van der Waals surface area contributed by atoms with Crippen LogP contribution < -0.4 is 5.56 Å². The minimum atomic E-state index is -4.72. The first kappa shape index (κ1) is 19.2. The number of hydrogen-bond donors (Lipinski definition) is 0. The van der Waals surface area contributed by atoms with Crippen molar-refractivity contribution in [1.82, 2.24) is 14.3 Å². The van der Waals surface area contributed by atoms with E-state index in [2.05, 4.69) is 4.98 Å². The maximum atomic E-state index is 13.1. The Labute approximate surface area is 164 Å². The van der Waals surface area contributed by atoms with Crippen molar-refractivity contribution in [1.29, 1.82) is 0 Å². The Kier molecular flexibility index (Phi) is 4.64. The van der Waals surface area contributed by atoms with Gasteiger partial charge in [0, 0.05) is 37.0 Å². The number of hydrogen-bond acceptors (Lipinski definition) is 3. The van der Waals surface area contributed by atoms with Gasteiger partial charge in [0.05, 0.1) is 0 Å². The van der Waals surface area contributed by atoms with Crippen LogP contribution in [0.15, 0.2) is 53.5 Å². The molecule has 1 aromatic carbocycles. The van der Waals surface area contributed by atoms with Gasteiger partial charge >= 0.3 is 6.18 Å². The number of halogens is 3. The summed E-state index contributed by atoms with van der Waals surface area (Å²) >= 11 is 0. The summed E-state index contributed by atoms with van der Waals surface area (Å²) in [6.45, 7) is 0.719. The smallest absolute Gasteiger partial charge is 0.341 e. The lowest BCUT2D eigenvalue weighted by atomic mass is 10.0. The summed E-state index contributed by atoms with van der Waals surface area (Å²) in [4.78, 5) is 30.0. The molecule has 4 rings (SSSR count). The van der Waals surface area contributed by atoms with Gasteiger partial charge in [-0.15, -0.1) is 0 Å². The maximum Gasteiger partial charge on any atom is 0.433 e. The lowest BCUT2D eigenvalue weighted by Crippen LogP contribution is -2.28. The van der Waals surface area contributed by atoms with Gasteiger partial charge in [0.2, 0.25) is 0 Å². The predicted octanol–water partition coefficient (Wildman–Crippen LogP) is 3.86. The van der Waals surface area contributed by atoms with E-state index >= 15 is 0 Å². The predicted molar refractivity (Wildman–Crippen MR) is 102 cm³/mol. The Morgan fingerprint density at radius 2 is 1.90 bits per heavy atom. The number of alkyl halides is 3. The van der Waals surface area contributed by atoms with Gasteiger partial charge in [-0.05, 0) is 48.6 Å². The number of pyridine rings is 1. The molecular formula is C21H18F3N3O2. The molecule has 0 saturated heterocycles. The fraction of sp³-hybridized carbons (Fsp3) is 0.286. The van der Waals surface area contributed by atoms with E-state index in [4.69, 9.17) is 0 Å². The topological polar surface area (TPSA) is 54.7 Å². The normalized spacial score (nSPS) is 14.2. The maximum absolute atomic E-state index is 13.1. The summed E-state index contributed by atoms with van der Waals surface area (Å²) in [5, 5.41) is 0. The molecule has 0 unspecified atom stereocenters. The minimum Gasteiger partial charge on any atom is -0.341 e. The number of nitrogens with zero attached hydrogens (tertiary/aromatic N) is 3. The summed E-state index contributed by atoms with van der Waals surface area (Å²) in [7, 11) is 1.76. The molecule has 0 spiro atoms. The zero-order valence-corrected chi connectivity index (χ0v) is 15.6. The van der Waals surface area contributed by atoms with Gasteiger partial charge in [0.15, 0.2) is 5.69 Å². The van der Waals surface area contributed by atoms with Crippen LogP contribution in [0.2, 0.25) is 0 Å². The fourth-order valence-corrected chi connectivity index (χ4v) is 3.28. The van der Waals surface area contributed by atoms with Crippen molar-refractivity contribution >= 4 is 11.6 Å². The highest BCUT2D eigenvalue weighted by Gasteiger charge is 2.33. The third-order valence-electron chi connectivity index (χ3n) is 5.00. The van der Waals surface area contributed by atoms with Crippen LogP contribution in [0.4, 0.5) is 13.2 Å². The molecule has 2 heterocycles. The van der Waals surface area contributed by atoms with Gasteiger partial charge < -0.3 is 4.90 Å². The van der Waals surface area contributed by atoms with Gasteiger partial charge in [-0.25, -0.2) is 4.98 Å². The van der Waals surface area contributed by atoms with Crippen molar-refractivity contribution in [2.45, 2.75) is 19.0 Å². The van der Waals surface area contributed by atoms with Crippen molar-refractivity contribution in [3.63, 3.8) is 0 Å². The first-order valence-electron chi connectivity index (χ1n) is 9.19. The summed E-state index contributed by atoms with van der Waals surface area (Å²) in [5.74, 6) is 0.473. The highest BCUT2D eigenvalue weighted by molar-refractivity contribution is 5.94. The first-order chi connectivity index (χ1) is 13.7. The average molecular weight is 401 g/mol. The number of benzene rings is 1. The Morgan fingerprint density at radius 3 is 2.52 bits per heavy atom. The van der Waals surface area contributed by atoms with Crippen LogP contribution in [-0.4, -0.2) is 33.8 Å². The van der Waals surface area contributed by atoms with Crippen molar-refractivity contribution in [2.75, 3.05) is 13.6 Å². The zero-order valence-electron chi connectivity index (χ0n) is 15.6. The molecule has 5 nitrogen and oxygen atoms in total. The first-order valence-corrected chi connectivity index (χ1v) is 9.19. The zero-order chi connectivity index (χ0) is 20.8. The van der Waals surface area contributed by atoms with Gasteiger partial charge in [-0.1, -0.05) is 12.1 Å². The molecule has 0 N–H and O–H groups in total. The van der Waals surface area contributed by atoms with Gasteiger partial charge in [-0.3, -0.25) is 14.0 Å². The molecule has 1 aliphatic carbocycles. The van der Waals surface area contributed by atoms with Crippen LogP contribution in [-0.2, 0) is 6.18 Å². The molecule has 1 saturated carbocycles. The number of fused-ring (bicyclic) bond motifs is 1. The van der Waals surface area contributed by atoms with Crippen LogP contribution in [0.3, 0.4) is 0 Å². The van der Waals surface area contributed by atoms with Crippen molar-refractivity contribution < 1.29 is 18.0 Å². The third kappa shape index (κ3) is 3.87. The lowest BCUT2D eigenvalue weighted by molar-refractivity contribution is -0.141. The van der Waals surface area contributed by atoms with E-state index in [1.807, 2.05) is 0 Å². The van der Waals surface area contributed by atoms with E-state index in [0.717, 1.165) is 23.8 Å². The Balaban J connectivity index is 1.71. The van der Waals surface area contributed by atoms with Crippen LogP contribution >= 0.6 is 0 Å². The Morgan fingerprint density at radius 1 is 1.21 bits per heavy atom. The van der Waals surface area contributed by atoms with E-state index in [9.17, 15) is 22.8 Å². The molecule has 29 heavy (non-hydrogen) atoms. The standard InChI is InChI=1S/C21H18F3N3O2/c1-26(12-13-4-5-13)20(29)15-8-6-14(7-9-15)16-3-2-10-27-18(28)11-17(21(22,23)24)25-19(16)27/h2-3,6-11,13H,4-5,12H2,1H3. The molecule has 1 fully saturated rings. The van der Waals surface area contributed by atoms with E-state index < -0.39 is 17.4 Å². The summed E-state index contributed by atoms with van der Waals surface area (Å²) in [6, 6.07) is 10.2. The average Bonchev–Trinajstić information content (AvgIpc) is 3.50. The highest BCUT2D eigenvalue weighted by Crippen LogP contribution is 2.31.